The Balaban J connectivity index is 2.89. The molecule has 0 aliphatic heterocycles. The molecule has 0 saturated heterocycles. The summed E-state index contributed by atoms with van der Waals surface area (Å²) in [7, 11) is 0. The zero-order valence-electron chi connectivity index (χ0n) is 7.88. The van der Waals surface area contributed by atoms with Crippen molar-refractivity contribution in [3.8, 4) is 0 Å². The molecule has 1 heteroatoms. The zero-order valence-corrected chi connectivity index (χ0v) is 7.88. The van der Waals surface area contributed by atoms with Crippen molar-refractivity contribution in [2.24, 2.45) is 5.73 Å². The summed E-state index contributed by atoms with van der Waals surface area (Å²) in [5.74, 6) is 0. The summed E-state index contributed by atoms with van der Waals surface area (Å²) >= 11 is 0. The highest BCUT2D eigenvalue weighted by atomic mass is 14.6. The molecule has 2 N–H and O–H groups in total. The highest BCUT2D eigenvalue weighted by Gasteiger charge is 2.17. The first-order chi connectivity index (χ1) is 5.79. The first kappa shape index (κ1) is 9.27. The van der Waals surface area contributed by atoms with Crippen LogP contribution in [0.25, 0.3) is 0 Å². The van der Waals surface area contributed by atoms with Crippen molar-refractivity contribution in [2.75, 3.05) is 0 Å². The lowest BCUT2D eigenvalue weighted by Gasteiger charge is -2.03. The summed E-state index contributed by atoms with van der Waals surface area (Å²) in [5, 5.41) is 0. The molecule has 0 amide bonds. The van der Waals surface area contributed by atoms with Gasteiger partial charge in [0, 0.05) is 6.04 Å². The number of hydrogen-bond acceptors (Lipinski definition) is 1. The van der Waals surface area contributed by atoms with Crippen LogP contribution in [0.5, 0.6) is 0 Å². The smallest absolute Gasteiger partial charge is 0.0300 e. The summed E-state index contributed by atoms with van der Waals surface area (Å²) in [4.78, 5) is 0. The van der Waals surface area contributed by atoms with E-state index in [9.17, 15) is 0 Å². The van der Waals surface area contributed by atoms with E-state index in [4.69, 9.17) is 5.73 Å². The Kier molecular flexibility index (Phi) is 3.30. The minimum Gasteiger partial charge on any atom is -0.324 e. The molecule has 0 heterocycles. The van der Waals surface area contributed by atoms with Crippen molar-refractivity contribution in [3.63, 3.8) is 0 Å². The normalized spacial score (nSPS) is 25.1. The Hall–Kier alpha value is -0.820. The molecule has 0 aromatic carbocycles. The van der Waals surface area contributed by atoms with Crippen molar-refractivity contribution in [1.29, 1.82) is 0 Å². The number of rotatable bonds is 2. The van der Waals surface area contributed by atoms with Crippen molar-refractivity contribution in [1.82, 2.24) is 0 Å². The second kappa shape index (κ2) is 4.27. The van der Waals surface area contributed by atoms with E-state index in [0.29, 0.717) is 0 Å². The van der Waals surface area contributed by atoms with E-state index in [2.05, 4.69) is 24.3 Å². The molecule has 1 nitrogen and oxygen atoms in total. The van der Waals surface area contributed by atoms with Gasteiger partial charge < -0.3 is 5.73 Å². The molecule has 1 aliphatic rings. The Labute approximate surface area is 74.7 Å². The fourth-order valence-corrected chi connectivity index (χ4v) is 1.64. The van der Waals surface area contributed by atoms with Crippen molar-refractivity contribution < 1.29 is 0 Å². The molecule has 1 rings (SSSR count). The van der Waals surface area contributed by atoms with Gasteiger partial charge in [-0.15, -0.1) is 0 Å². The standard InChI is InChI=1S/C11H17N/c1-3-5-9-7-8-11(12)10(9)6-4-2/h3-6,11H,7-8,12H2,1-2H3/b5-3-,6-4-. The predicted molar refractivity (Wildman–Crippen MR) is 53.9 cm³/mol. The molecule has 1 aliphatic carbocycles. The van der Waals surface area contributed by atoms with Crippen molar-refractivity contribution >= 4 is 0 Å². The third-order valence-corrected chi connectivity index (χ3v) is 2.21. The van der Waals surface area contributed by atoms with Gasteiger partial charge in [-0.05, 0) is 37.8 Å². The van der Waals surface area contributed by atoms with Crippen LogP contribution in [0.4, 0.5) is 0 Å². The summed E-state index contributed by atoms with van der Waals surface area (Å²) in [6, 6.07) is 0.257. The molecule has 12 heavy (non-hydrogen) atoms. The Morgan fingerprint density at radius 3 is 2.50 bits per heavy atom. The molecule has 0 fully saturated rings. The second-order valence-corrected chi connectivity index (χ2v) is 3.13. The Bertz CT molecular complexity index is 233. The van der Waals surface area contributed by atoms with Gasteiger partial charge in [-0.1, -0.05) is 24.3 Å². The second-order valence-electron chi connectivity index (χ2n) is 3.13. The van der Waals surface area contributed by atoms with E-state index in [-0.39, 0.29) is 6.04 Å². The van der Waals surface area contributed by atoms with Gasteiger partial charge in [-0.2, -0.15) is 0 Å². The predicted octanol–water partition coefficient (Wildman–Crippen LogP) is 2.56. The molecule has 0 aromatic rings. The lowest BCUT2D eigenvalue weighted by Crippen LogP contribution is -2.17. The molecular weight excluding hydrogens is 146 g/mol. The van der Waals surface area contributed by atoms with Gasteiger partial charge >= 0.3 is 0 Å². The zero-order chi connectivity index (χ0) is 8.97. The van der Waals surface area contributed by atoms with Crippen LogP contribution in [-0.4, -0.2) is 6.04 Å². The molecule has 0 bridgehead atoms. The van der Waals surface area contributed by atoms with Gasteiger partial charge in [-0.25, -0.2) is 0 Å². The minimum atomic E-state index is 0.257. The lowest BCUT2D eigenvalue weighted by molar-refractivity contribution is 0.760. The average molecular weight is 163 g/mol. The van der Waals surface area contributed by atoms with E-state index in [1.165, 1.54) is 11.1 Å². The summed E-state index contributed by atoms with van der Waals surface area (Å²) in [5.41, 5.74) is 8.66. The van der Waals surface area contributed by atoms with Crippen LogP contribution in [-0.2, 0) is 0 Å². The maximum Gasteiger partial charge on any atom is 0.0300 e. The fourth-order valence-electron chi connectivity index (χ4n) is 1.64. The number of hydrogen-bond donors (Lipinski definition) is 1. The molecule has 0 spiro atoms. The van der Waals surface area contributed by atoms with E-state index in [1.807, 2.05) is 13.8 Å². The quantitative estimate of drug-likeness (QED) is 0.665. The SMILES string of the molecule is C/C=C\C1=C(/C=C\C)C(N)CC1. The Morgan fingerprint density at radius 1 is 1.25 bits per heavy atom. The largest absolute Gasteiger partial charge is 0.324 e. The maximum absolute atomic E-state index is 5.94. The van der Waals surface area contributed by atoms with Gasteiger partial charge in [0.05, 0.1) is 0 Å². The summed E-state index contributed by atoms with van der Waals surface area (Å²) < 4.78 is 0. The lowest BCUT2D eigenvalue weighted by atomic mass is 10.1. The molecule has 0 radical (unpaired) electrons. The van der Waals surface area contributed by atoms with Crippen molar-refractivity contribution in [3.05, 3.63) is 35.5 Å². The van der Waals surface area contributed by atoms with Crippen LogP contribution in [0.2, 0.25) is 0 Å². The molecule has 1 unspecified atom stereocenters. The number of allylic oxidation sites excluding steroid dienone is 4. The van der Waals surface area contributed by atoms with E-state index in [1.54, 1.807) is 0 Å². The van der Waals surface area contributed by atoms with Gasteiger partial charge in [0.25, 0.3) is 0 Å². The van der Waals surface area contributed by atoms with E-state index < -0.39 is 0 Å². The Morgan fingerprint density at radius 2 is 1.92 bits per heavy atom. The summed E-state index contributed by atoms with van der Waals surface area (Å²) in [6.45, 7) is 4.08. The van der Waals surface area contributed by atoms with Crippen LogP contribution < -0.4 is 5.73 Å². The van der Waals surface area contributed by atoms with Gasteiger partial charge in [0.15, 0.2) is 0 Å². The molecule has 0 saturated carbocycles. The first-order valence-electron chi connectivity index (χ1n) is 4.53. The fraction of sp³-hybridized carbons (Fsp3) is 0.455. The van der Waals surface area contributed by atoms with Gasteiger partial charge in [0.2, 0.25) is 0 Å². The first-order valence-corrected chi connectivity index (χ1v) is 4.53. The van der Waals surface area contributed by atoms with E-state index in [0.717, 1.165) is 12.8 Å². The third-order valence-electron chi connectivity index (χ3n) is 2.21. The van der Waals surface area contributed by atoms with E-state index >= 15 is 0 Å². The van der Waals surface area contributed by atoms with Crippen LogP contribution >= 0.6 is 0 Å². The molecule has 1 atom stereocenters. The van der Waals surface area contributed by atoms with Crippen LogP contribution in [0.1, 0.15) is 26.7 Å². The van der Waals surface area contributed by atoms with Gasteiger partial charge in [-0.3, -0.25) is 0 Å². The third kappa shape index (κ3) is 1.86. The highest BCUT2D eigenvalue weighted by molar-refractivity contribution is 5.40. The topological polar surface area (TPSA) is 26.0 Å². The highest BCUT2D eigenvalue weighted by Crippen LogP contribution is 2.26. The average Bonchev–Trinajstić information content (AvgIpc) is 2.37. The number of nitrogens with two attached hydrogens (primary N) is 1. The van der Waals surface area contributed by atoms with Crippen LogP contribution in [0.3, 0.4) is 0 Å². The van der Waals surface area contributed by atoms with Crippen molar-refractivity contribution in [2.45, 2.75) is 32.7 Å². The molecular formula is C11H17N. The minimum absolute atomic E-state index is 0.257. The maximum atomic E-state index is 5.94. The van der Waals surface area contributed by atoms with Gasteiger partial charge in [0.1, 0.15) is 0 Å². The van der Waals surface area contributed by atoms with Crippen LogP contribution in [0.15, 0.2) is 35.5 Å². The molecule has 66 valence electrons. The monoisotopic (exact) mass is 163 g/mol. The summed E-state index contributed by atoms with van der Waals surface area (Å²) in [6.07, 6.45) is 10.7. The molecule has 0 aromatic heterocycles. The van der Waals surface area contributed by atoms with Crippen LogP contribution in [0, 0.1) is 0 Å².